The van der Waals surface area contributed by atoms with Crippen LogP contribution in [0.1, 0.15) is 24.2 Å². The number of nitrogens with zero attached hydrogens (tertiary/aromatic N) is 6. The molecule has 2 fully saturated rings. The lowest BCUT2D eigenvalue weighted by Gasteiger charge is -2.36. The van der Waals surface area contributed by atoms with Gasteiger partial charge in [0.1, 0.15) is 17.9 Å². The maximum absolute atomic E-state index is 5.19. The van der Waals surface area contributed by atoms with Gasteiger partial charge in [0.2, 0.25) is 0 Å². The Balaban J connectivity index is 1.32. The Morgan fingerprint density at radius 1 is 0.964 bits per heavy atom. The van der Waals surface area contributed by atoms with Crippen LogP contribution >= 0.6 is 0 Å². The molecule has 0 saturated carbocycles. The number of anilines is 2. The molecule has 5 rings (SSSR count). The number of aryl methyl sites for hydroxylation is 1. The van der Waals surface area contributed by atoms with Crippen molar-refractivity contribution in [1.29, 1.82) is 0 Å². The summed E-state index contributed by atoms with van der Waals surface area (Å²) in [5.74, 6) is 2.01. The third-order valence-electron chi connectivity index (χ3n) is 5.99. The molecule has 0 spiro atoms. The Hall–Kier alpha value is -2.67. The maximum atomic E-state index is 5.19. The van der Waals surface area contributed by atoms with Crippen LogP contribution in [0, 0.1) is 6.92 Å². The fraction of sp³-hybridized carbons (Fsp3) is 0.476. The number of hydrogen-bond acceptors (Lipinski definition) is 7. The van der Waals surface area contributed by atoms with Gasteiger partial charge in [0, 0.05) is 62.5 Å². The maximum Gasteiger partial charge on any atom is 0.139 e. The first-order valence-corrected chi connectivity index (χ1v) is 10.1. The summed E-state index contributed by atoms with van der Waals surface area (Å²) >= 11 is 0. The van der Waals surface area contributed by atoms with Crippen molar-refractivity contribution in [2.24, 2.45) is 0 Å². The van der Waals surface area contributed by atoms with Gasteiger partial charge < -0.3 is 14.3 Å². The molecule has 2 aromatic heterocycles. The molecular weight excluding hydrogens is 352 g/mol. The van der Waals surface area contributed by atoms with Crippen molar-refractivity contribution in [3.8, 4) is 0 Å². The van der Waals surface area contributed by atoms with Crippen LogP contribution in [-0.4, -0.2) is 59.3 Å². The van der Waals surface area contributed by atoms with E-state index in [1.165, 1.54) is 29.5 Å². The molecule has 4 heterocycles. The second-order valence-corrected chi connectivity index (χ2v) is 7.76. The molecule has 7 heteroatoms. The highest BCUT2D eigenvalue weighted by Crippen LogP contribution is 2.30. The van der Waals surface area contributed by atoms with Gasteiger partial charge in [-0.2, -0.15) is 0 Å². The molecule has 0 amide bonds. The number of hydrogen-bond donors (Lipinski definition) is 0. The summed E-state index contributed by atoms with van der Waals surface area (Å²) in [5, 5.41) is 5.06. The largest absolute Gasteiger partial charge is 0.369 e. The first-order chi connectivity index (χ1) is 13.8. The van der Waals surface area contributed by atoms with Gasteiger partial charge in [0.05, 0.1) is 11.7 Å². The molecule has 2 aliphatic rings. The van der Waals surface area contributed by atoms with Crippen LogP contribution in [0.25, 0.3) is 10.9 Å². The van der Waals surface area contributed by atoms with E-state index in [2.05, 4.69) is 48.0 Å². The second-order valence-electron chi connectivity index (χ2n) is 7.76. The van der Waals surface area contributed by atoms with E-state index in [-0.39, 0.29) is 0 Å². The van der Waals surface area contributed by atoms with Crippen molar-refractivity contribution in [3.05, 3.63) is 42.0 Å². The van der Waals surface area contributed by atoms with E-state index in [0.717, 1.165) is 62.9 Å². The molecule has 28 heavy (non-hydrogen) atoms. The van der Waals surface area contributed by atoms with Gasteiger partial charge in [-0.05, 0) is 38.0 Å². The predicted molar refractivity (Wildman–Crippen MR) is 110 cm³/mol. The number of piperazine rings is 1. The molecule has 0 aliphatic carbocycles. The smallest absolute Gasteiger partial charge is 0.139 e. The van der Waals surface area contributed by atoms with E-state index in [1.807, 2.05) is 13.1 Å². The Morgan fingerprint density at radius 2 is 1.79 bits per heavy atom. The molecule has 0 radical (unpaired) electrons. The molecule has 0 N–H and O–H groups in total. The minimum Gasteiger partial charge on any atom is -0.369 e. The van der Waals surface area contributed by atoms with Crippen LogP contribution in [0.2, 0.25) is 0 Å². The lowest BCUT2D eigenvalue weighted by molar-refractivity contribution is 0.248. The van der Waals surface area contributed by atoms with Gasteiger partial charge >= 0.3 is 0 Å². The SMILES string of the molecule is Cc1oncc1CN1CCN(c2ccc3ncnc(N4CCCC4)c3c2)CC1. The van der Waals surface area contributed by atoms with Crippen molar-refractivity contribution in [3.63, 3.8) is 0 Å². The van der Waals surface area contributed by atoms with Gasteiger partial charge in [0.25, 0.3) is 0 Å². The molecule has 0 bridgehead atoms. The van der Waals surface area contributed by atoms with Crippen molar-refractivity contribution >= 4 is 22.4 Å². The highest BCUT2D eigenvalue weighted by molar-refractivity contribution is 5.92. The Kier molecular flexibility index (Phi) is 4.60. The summed E-state index contributed by atoms with van der Waals surface area (Å²) in [6.45, 7) is 9.18. The van der Waals surface area contributed by atoms with Crippen LogP contribution in [0.4, 0.5) is 11.5 Å². The topological polar surface area (TPSA) is 61.5 Å². The molecule has 2 aliphatic heterocycles. The van der Waals surface area contributed by atoms with E-state index in [0.29, 0.717) is 0 Å². The summed E-state index contributed by atoms with van der Waals surface area (Å²) in [5.41, 5.74) is 3.48. The van der Waals surface area contributed by atoms with Gasteiger partial charge in [-0.1, -0.05) is 5.16 Å². The predicted octanol–water partition coefficient (Wildman–Crippen LogP) is 2.85. The van der Waals surface area contributed by atoms with Gasteiger partial charge in [-0.15, -0.1) is 0 Å². The molecule has 1 aromatic carbocycles. The average Bonchev–Trinajstić information content (AvgIpc) is 3.40. The van der Waals surface area contributed by atoms with Crippen molar-refractivity contribution in [1.82, 2.24) is 20.0 Å². The molecular formula is C21H26N6O. The minimum absolute atomic E-state index is 0.911. The first-order valence-electron chi connectivity index (χ1n) is 10.1. The third kappa shape index (κ3) is 3.30. The van der Waals surface area contributed by atoms with Crippen LogP contribution < -0.4 is 9.80 Å². The van der Waals surface area contributed by atoms with E-state index in [9.17, 15) is 0 Å². The fourth-order valence-electron chi connectivity index (χ4n) is 4.28. The molecule has 3 aromatic rings. The van der Waals surface area contributed by atoms with Crippen LogP contribution in [0.15, 0.2) is 35.2 Å². The zero-order valence-corrected chi connectivity index (χ0v) is 16.3. The monoisotopic (exact) mass is 378 g/mol. The van der Waals surface area contributed by atoms with Crippen molar-refractivity contribution in [2.75, 3.05) is 49.1 Å². The zero-order chi connectivity index (χ0) is 18.9. The molecule has 7 nitrogen and oxygen atoms in total. The Morgan fingerprint density at radius 3 is 2.54 bits per heavy atom. The summed E-state index contributed by atoms with van der Waals surface area (Å²) in [6, 6.07) is 6.62. The highest BCUT2D eigenvalue weighted by Gasteiger charge is 2.21. The van der Waals surface area contributed by atoms with E-state index in [4.69, 9.17) is 4.52 Å². The van der Waals surface area contributed by atoms with Crippen LogP contribution in [0.5, 0.6) is 0 Å². The third-order valence-corrected chi connectivity index (χ3v) is 5.99. The normalized spacial score (nSPS) is 18.3. The lowest BCUT2D eigenvalue weighted by Crippen LogP contribution is -2.46. The lowest BCUT2D eigenvalue weighted by atomic mass is 10.1. The van der Waals surface area contributed by atoms with Gasteiger partial charge in [-0.3, -0.25) is 4.90 Å². The van der Waals surface area contributed by atoms with E-state index < -0.39 is 0 Å². The zero-order valence-electron chi connectivity index (χ0n) is 16.3. The second kappa shape index (κ2) is 7.39. The number of benzene rings is 1. The molecule has 0 unspecified atom stereocenters. The number of aromatic nitrogens is 3. The summed E-state index contributed by atoms with van der Waals surface area (Å²) in [7, 11) is 0. The van der Waals surface area contributed by atoms with Gasteiger partial charge in [0.15, 0.2) is 0 Å². The van der Waals surface area contributed by atoms with Crippen LogP contribution in [-0.2, 0) is 6.54 Å². The molecule has 2 saturated heterocycles. The highest BCUT2D eigenvalue weighted by atomic mass is 16.5. The van der Waals surface area contributed by atoms with E-state index >= 15 is 0 Å². The summed E-state index contributed by atoms with van der Waals surface area (Å²) in [4.78, 5) is 16.4. The number of rotatable bonds is 4. The van der Waals surface area contributed by atoms with Crippen molar-refractivity contribution in [2.45, 2.75) is 26.3 Å². The Bertz CT molecular complexity index is 956. The standard InChI is InChI=1S/C21H26N6O/c1-16-17(13-24-28-16)14-25-8-10-26(11-9-25)18-4-5-20-19(12-18)21(23-15-22-20)27-6-2-3-7-27/h4-5,12-13,15H,2-3,6-11,14H2,1H3. The van der Waals surface area contributed by atoms with Crippen LogP contribution in [0.3, 0.4) is 0 Å². The van der Waals surface area contributed by atoms with Crippen molar-refractivity contribution < 1.29 is 4.52 Å². The first kappa shape index (κ1) is 17.4. The summed E-state index contributed by atoms with van der Waals surface area (Å²) < 4.78 is 5.19. The Labute approximate surface area is 164 Å². The quantitative estimate of drug-likeness (QED) is 0.692. The summed E-state index contributed by atoms with van der Waals surface area (Å²) in [6.07, 6.45) is 6.03. The number of fused-ring (bicyclic) bond motifs is 1. The van der Waals surface area contributed by atoms with Gasteiger partial charge in [-0.25, -0.2) is 9.97 Å². The molecule has 146 valence electrons. The molecule has 0 atom stereocenters. The van der Waals surface area contributed by atoms with E-state index in [1.54, 1.807) is 6.33 Å². The average molecular weight is 378 g/mol. The minimum atomic E-state index is 0.911. The fourth-order valence-corrected chi connectivity index (χ4v) is 4.28.